The van der Waals surface area contributed by atoms with Crippen molar-refractivity contribution >= 4 is 23.4 Å². The summed E-state index contributed by atoms with van der Waals surface area (Å²) < 4.78 is 5.24. The first-order valence-corrected chi connectivity index (χ1v) is 8.71. The smallest absolute Gasteiger partial charge is 0.242 e. The fourth-order valence-electron chi connectivity index (χ4n) is 2.67. The van der Waals surface area contributed by atoms with E-state index in [1.807, 2.05) is 42.5 Å². The van der Waals surface area contributed by atoms with Crippen LogP contribution in [-0.2, 0) is 22.6 Å². The van der Waals surface area contributed by atoms with Crippen molar-refractivity contribution in [2.24, 2.45) is 0 Å². The van der Waals surface area contributed by atoms with E-state index in [9.17, 15) is 9.59 Å². The van der Waals surface area contributed by atoms with Crippen molar-refractivity contribution in [3.8, 4) is 5.75 Å². The zero-order valence-corrected chi connectivity index (χ0v) is 15.9. The van der Waals surface area contributed by atoms with E-state index in [4.69, 9.17) is 16.3 Å². The first-order chi connectivity index (χ1) is 12.5. The van der Waals surface area contributed by atoms with Crippen LogP contribution in [0.1, 0.15) is 18.1 Å². The number of carbonyl (C=O) groups excluding carboxylic acids is 2. The fourth-order valence-corrected chi connectivity index (χ4v) is 2.87. The molecule has 1 atom stereocenters. The van der Waals surface area contributed by atoms with Crippen molar-refractivity contribution in [3.05, 3.63) is 64.7 Å². The van der Waals surface area contributed by atoms with Crippen LogP contribution in [0.2, 0.25) is 5.02 Å². The van der Waals surface area contributed by atoms with Gasteiger partial charge in [0.25, 0.3) is 0 Å². The molecular formula is C20H23ClN2O3. The molecule has 0 saturated heterocycles. The normalized spacial score (nSPS) is 11.5. The Bertz CT molecular complexity index is 779. The maximum Gasteiger partial charge on any atom is 0.242 e. The van der Waals surface area contributed by atoms with Crippen molar-refractivity contribution in [1.82, 2.24) is 10.2 Å². The number of likely N-dealkylation sites (N-methyl/N-ethyl adjacent to an activating group) is 1. The van der Waals surface area contributed by atoms with Crippen LogP contribution >= 0.6 is 11.6 Å². The number of halogens is 1. The molecule has 0 heterocycles. The first-order valence-electron chi connectivity index (χ1n) is 8.33. The summed E-state index contributed by atoms with van der Waals surface area (Å²) in [7, 11) is 3.15. The highest BCUT2D eigenvalue weighted by Crippen LogP contribution is 2.19. The predicted molar refractivity (Wildman–Crippen MR) is 102 cm³/mol. The van der Waals surface area contributed by atoms with Crippen molar-refractivity contribution in [2.45, 2.75) is 25.9 Å². The molecule has 2 aromatic carbocycles. The Morgan fingerprint density at radius 3 is 2.58 bits per heavy atom. The lowest BCUT2D eigenvalue weighted by molar-refractivity contribution is -0.139. The van der Waals surface area contributed by atoms with Crippen LogP contribution < -0.4 is 10.1 Å². The van der Waals surface area contributed by atoms with E-state index in [1.165, 1.54) is 0 Å². The Kier molecular flexibility index (Phi) is 7.04. The van der Waals surface area contributed by atoms with Gasteiger partial charge in [0.05, 0.1) is 13.5 Å². The Morgan fingerprint density at radius 2 is 1.92 bits per heavy atom. The third kappa shape index (κ3) is 4.99. The minimum Gasteiger partial charge on any atom is -0.497 e. The van der Waals surface area contributed by atoms with Gasteiger partial charge < -0.3 is 15.0 Å². The van der Waals surface area contributed by atoms with Gasteiger partial charge in [0.15, 0.2) is 0 Å². The number of hydrogen-bond donors (Lipinski definition) is 1. The van der Waals surface area contributed by atoms with Gasteiger partial charge in [-0.3, -0.25) is 9.59 Å². The van der Waals surface area contributed by atoms with Gasteiger partial charge in [-0.25, -0.2) is 0 Å². The zero-order valence-electron chi connectivity index (χ0n) is 15.2. The van der Waals surface area contributed by atoms with Gasteiger partial charge in [-0.2, -0.15) is 0 Å². The number of benzene rings is 2. The molecule has 0 unspecified atom stereocenters. The number of amides is 2. The van der Waals surface area contributed by atoms with Gasteiger partial charge in [-0.1, -0.05) is 41.9 Å². The summed E-state index contributed by atoms with van der Waals surface area (Å²) in [5.74, 6) is 0.311. The Balaban J connectivity index is 2.26. The lowest BCUT2D eigenvalue weighted by atomic mass is 10.1. The molecule has 0 saturated carbocycles. The second kappa shape index (κ2) is 9.25. The fraction of sp³-hybridized carbons (Fsp3) is 0.300. The molecule has 1 N–H and O–H groups in total. The molecule has 6 heteroatoms. The second-order valence-corrected chi connectivity index (χ2v) is 6.34. The molecule has 5 nitrogen and oxygen atoms in total. The number of rotatable bonds is 7. The highest BCUT2D eigenvalue weighted by Gasteiger charge is 2.26. The molecule has 2 rings (SSSR count). The number of hydrogen-bond acceptors (Lipinski definition) is 3. The predicted octanol–water partition coefficient (Wildman–Crippen LogP) is 3.05. The highest BCUT2D eigenvalue weighted by atomic mass is 35.5. The van der Waals surface area contributed by atoms with Crippen LogP contribution in [0.3, 0.4) is 0 Å². The van der Waals surface area contributed by atoms with E-state index >= 15 is 0 Å². The molecule has 0 aliphatic carbocycles. The zero-order chi connectivity index (χ0) is 19.1. The quantitative estimate of drug-likeness (QED) is 0.810. The summed E-state index contributed by atoms with van der Waals surface area (Å²) in [6, 6.07) is 14.0. The van der Waals surface area contributed by atoms with Crippen LogP contribution in [0, 0.1) is 0 Å². The van der Waals surface area contributed by atoms with E-state index in [0.717, 1.165) is 11.1 Å². The van der Waals surface area contributed by atoms with Crippen LogP contribution in [-0.4, -0.2) is 36.9 Å². The third-order valence-electron chi connectivity index (χ3n) is 4.20. The number of nitrogens with one attached hydrogen (secondary N) is 1. The van der Waals surface area contributed by atoms with Gasteiger partial charge in [0.2, 0.25) is 11.8 Å². The second-order valence-electron chi connectivity index (χ2n) is 5.93. The lowest BCUT2D eigenvalue weighted by Crippen LogP contribution is -2.47. The molecule has 0 aromatic heterocycles. The van der Waals surface area contributed by atoms with Crippen molar-refractivity contribution < 1.29 is 14.3 Å². The Morgan fingerprint density at radius 1 is 1.19 bits per heavy atom. The average Bonchev–Trinajstić information content (AvgIpc) is 2.66. The third-order valence-corrected chi connectivity index (χ3v) is 4.57. The van der Waals surface area contributed by atoms with E-state index in [2.05, 4.69) is 5.32 Å². The summed E-state index contributed by atoms with van der Waals surface area (Å²) >= 11 is 6.18. The molecule has 0 fully saturated rings. The van der Waals surface area contributed by atoms with Gasteiger partial charge in [-0.05, 0) is 36.2 Å². The molecule has 2 aromatic rings. The summed E-state index contributed by atoms with van der Waals surface area (Å²) in [6.07, 6.45) is 0.130. The minimum atomic E-state index is -0.610. The topological polar surface area (TPSA) is 58.6 Å². The molecular weight excluding hydrogens is 352 g/mol. The monoisotopic (exact) mass is 374 g/mol. The van der Waals surface area contributed by atoms with Crippen LogP contribution in [0.5, 0.6) is 5.75 Å². The molecule has 2 amide bonds. The molecule has 0 aliphatic heterocycles. The van der Waals surface area contributed by atoms with E-state index < -0.39 is 6.04 Å². The maximum absolute atomic E-state index is 12.9. The van der Waals surface area contributed by atoms with E-state index in [-0.39, 0.29) is 18.2 Å². The molecule has 138 valence electrons. The summed E-state index contributed by atoms with van der Waals surface area (Å²) in [6.45, 7) is 2.01. The van der Waals surface area contributed by atoms with Crippen molar-refractivity contribution in [1.29, 1.82) is 0 Å². The number of methoxy groups -OCH3 is 1. The van der Waals surface area contributed by atoms with Crippen LogP contribution in [0.25, 0.3) is 0 Å². The first kappa shape index (κ1) is 19.8. The summed E-state index contributed by atoms with van der Waals surface area (Å²) in [5.41, 5.74) is 1.62. The largest absolute Gasteiger partial charge is 0.497 e. The highest BCUT2D eigenvalue weighted by molar-refractivity contribution is 6.31. The van der Waals surface area contributed by atoms with E-state index in [1.54, 1.807) is 32.0 Å². The average molecular weight is 375 g/mol. The lowest BCUT2D eigenvalue weighted by Gasteiger charge is -2.28. The van der Waals surface area contributed by atoms with Crippen LogP contribution in [0.15, 0.2) is 48.5 Å². The van der Waals surface area contributed by atoms with Gasteiger partial charge >= 0.3 is 0 Å². The van der Waals surface area contributed by atoms with Gasteiger partial charge in [0, 0.05) is 18.6 Å². The van der Waals surface area contributed by atoms with Crippen LogP contribution in [0.4, 0.5) is 0 Å². The van der Waals surface area contributed by atoms with Crippen molar-refractivity contribution in [2.75, 3.05) is 14.2 Å². The minimum absolute atomic E-state index is 0.130. The molecule has 0 aliphatic rings. The maximum atomic E-state index is 12.9. The SMILES string of the molecule is CNC(=O)[C@H](C)N(Cc1cccc(OC)c1)C(=O)Cc1ccccc1Cl. The Labute approximate surface area is 158 Å². The van der Waals surface area contributed by atoms with Crippen molar-refractivity contribution in [3.63, 3.8) is 0 Å². The Hall–Kier alpha value is -2.53. The number of carbonyl (C=O) groups is 2. The standard InChI is InChI=1S/C20H23ClN2O3/c1-14(20(25)22-2)23(13-15-7-6-9-17(11-15)26-3)19(24)12-16-8-4-5-10-18(16)21/h4-11,14H,12-13H2,1-3H3,(H,22,25)/t14-/m0/s1. The number of nitrogens with zero attached hydrogens (tertiary/aromatic N) is 1. The van der Waals surface area contributed by atoms with Gasteiger partial charge in [-0.15, -0.1) is 0 Å². The molecule has 0 bridgehead atoms. The molecule has 26 heavy (non-hydrogen) atoms. The molecule has 0 spiro atoms. The summed E-state index contributed by atoms with van der Waals surface area (Å²) in [5, 5.41) is 3.14. The number of ether oxygens (including phenoxy) is 1. The van der Waals surface area contributed by atoms with E-state index in [0.29, 0.717) is 17.3 Å². The van der Waals surface area contributed by atoms with Gasteiger partial charge in [0.1, 0.15) is 11.8 Å². The molecule has 0 radical (unpaired) electrons. The summed E-state index contributed by atoms with van der Waals surface area (Å²) in [4.78, 5) is 26.6.